The van der Waals surface area contributed by atoms with Gasteiger partial charge in [-0.1, -0.05) is 0 Å². The average molecular weight is 261 g/mol. The summed E-state index contributed by atoms with van der Waals surface area (Å²) in [7, 11) is 0. The number of carbonyl (C=O) groups is 4. The Morgan fingerprint density at radius 2 is 1.13 bits per heavy atom. The van der Waals surface area contributed by atoms with Crippen LogP contribution >= 0.6 is 0 Å². The molecule has 2 N–H and O–H groups in total. The summed E-state index contributed by atoms with van der Waals surface area (Å²) >= 11 is 0.120. The van der Waals surface area contributed by atoms with Crippen molar-refractivity contribution in [1.82, 2.24) is 0 Å². The Hall–Kier alpha value is -1.23. The molecular weight excluding hydrogens is 251 g/mol. The SMILES string of the molecule is CC(=O)[CH]([Ni][CH](C(C)=O)C(=O)O)C(=O)O. The summed E-state index contributed by atoms with van der Waals surface area (Å²) in [5.74, 6) is -4.24. The molecule has 0 saturated carbocycles. The van der Waals surface area contributed by atoms with Crippen molar-refractivity contribution in [2.75, 3.05) is 0 Å². The molecule has 0 amide bonds. The molecule has 6 nitrogen and oxygen atoms in total. The van der Waals surface area contributed by atoms with E-state index in [1.54, 1.807) is 0 Å². The number of hydrogen-bond donors (Lipinski definition) is 2. The van der Waals surface area contributed by atoms with Crippen molar-refractivity contribution in [1.29, 1.82) is 0 Å². The molecule has 0 radical (unpaired) electrons. The molecule has 0 saturated heterocycles. The van der Waals surface area contributed by atoms with E-state index in [9.17, 15) is 19.2 Å². The normalized spacial score (nSPS) is 14.3. The van der Waals surface area contributed by atoms with Gasteiger partial charge in [0.1, 0.15) is 0 Å². The number of carbonyl (C=O) groups excluding carboxylic acids is 2. The molecule has 0 aliphatic rings. The van der Waals surface area contributed by atoms with Crippen molar-refractivity contribution in [2.45, 2.75) is 23.6 Å². The zero-order valence-corrected chi connectivity index (χ0v) is 8.99. The van der Waals surface area contributed by atoms with E-state index in [1.807, 2.05) is 0 Å². The molecule has 88 valence electrons. The standard InChI is InChI=1S/2C4H5O3.Ni/c2*1-3(5)2-4(6)7;/h2*2H,1H3,(H,6,7);. The first-order chi connectivity index (χ1) is 6.77. The van der Waals surface area contributed by atoms with Crippen molar-refractivity contribution < 1.29 is 43.8 Å². The van der Waals surface area contributed by atoms with Crippen molar-refractivity contribution in [2.24, 2.45) is 0 Å². The molecular formula is C8H10NiO6. The molecule has 0 spiro atoms. The maximum absolute atomic E-state index is 10.9. The van der Waals surface area contributed by atoms with Gasteiger partial charge in [0.05, 0.1) is 0 Å². The quantitative estimate of drug-likeness (QED) is 0.514. The average Bonchev–Trinajstić information content (AvgIpc) is 2.01. The van der Waals surface area contributed by atoms with Crippen LogP contribution in [0, 0.1) is 0 Å². The van der Waals surface area contributed by atoms with E-state index >= 15 is 0 Å². The Balaban J connectivity index is 4.77. The van der Waals surface area contributed by atoms with Gasteiger partial charge >= 0.3 is 91.0 Å². The number of aliphatic carboxylic acids is 2. The molecule has 7 heteroatoms. The topological polar surface area (TPSA) is 109 Å². The first kappa shape index (κ1) is 13.8. The molecule has 0 fully saturated rings. The van der Waals surface area contributed by atoms with Gasteiger partial charge in [-0.2, -0.15) is 0 Å². The van der Waals surface area contributed by atoms with E-state index in [2.05, 4.69) is 0 Å². The summed E-state index contributed by atoms with van der Waals surface area (Å²) in [5, 5.41) is 17.2. The van der Waals surface area contributed by atoms with E-state index in [0.29, 0.717) is 0 Å². The minimum atomic E-state index is -1.50. The summed E-state index contributed by atoms with van der Waals surface area (Å²) in [4.78, 5) is 39.9. The molecule has 15 heavy (non-hydrogen) atoms. The van der Waals surface area contributed by atoms with Crippen LogP contribution in [0.2, 0.25) is 9.78 Å². The number of carboxylic acid groups (broad SMARTS) is 2. The number of Topliss-reactive ketones (excluding diaryl/α,β-unsaturated/α-hetero) is 2. The fourth-order valence-corrected chi connectivity index (χ4v) is 1.77. The number of carboxylic acids is 2. The Morgan fingerprint density at radius 3 is 1.27 bits per heavy atom. The first-order valence-electron chi connectivity index (χ1n) is 3.78. The monoisotopic (exact) mass is 260 g/mol. The van der Waals surface area contributed by atoms with E-state index in [-0.39, 0.29) is 14.4 Å². The molecule has 0 bridgehead atoms. The van der Waals surface area contributed by atoms with Crippen LogP contribution in [0.25, 0.3) is 0 Å². The number of hydrogen-bond acceptors (Lipinski definition) is 4. The van der Waals surface area contributed by atoms with Crippen molar-refractivity contribution >= 4 is 23.5 Å². The van der Waals surface area contributed by atoms with E-state index in [4.69, 9.17) is 10.2 Å². The molecule has 2 atom stereocenters. The van der Waals surface area contributed by atoms with Gasteiger partial charge in [-0.3, -0.25) is 0 Å². The summed E-state index contributed by atoms with van der Waals surface area (Å²) in [6.07, 6.45) is 0. The summed E-state index contributed by atoms with van der Waals surface area (Å²) in [6, 6.07) is 0. The van der Waals surface area contributed by atoms with Gasteiger partial charge < -0.3 is 0 Å². The third kappa shape index (κ3) is 4.21. The van der Waals surface area contributed by atoms with Crippen LogP contribution in [0.5, 0.6) is 0 Å². The second-order valence-electron chi connectivity index (χ2n) is 2.66. The van der Waals surface area contributed by atoms with Crippen LogP contribution < -0.4 is 0 Å². The van der Waals surface area contributed by atoms with Crippen molar-refractivity contribution in [3.63, 3.8) is 0 Å². The van der Waals surface area contributed by atoms with Crippen LogP contribution in [0.1, 0.15) is 13.8 Å². The van der Waals surface area contributed by atoms with Crippen LogP contribution in [0.3, 0.4) is 0 Å². The minimum absolute atomic E-state index is 0.120. The fraction of sp³-hybridized carbons (Fsp3) is 0.500. The molecule has 0 aliphatic carbocycles. The number of rotatable bonds is 6. The van der Waals surface area contributed by atoms with Gasteiger partial charge in [0, 0.05) is 0 Å². The Bertz CT molecular complexity index is 252. The molecule has 2 unspecified atom stereocenters. The Morgan fingerprint density at radius 1 is 0.867 bits per heavy atom. The van der Waals surface area contributed by atoms with Crippen LogP contribution in [-0.4, -0.2) is 33.7 Å². The van der Waals surface area contributed by atoms with Crippen molar-refractivity contribution in [3.05, 3.63) is 0 Å². The molecule has 0 rings (SSSR count). The predicted octanol–water partition coefficient (Wildman–Crippen LogP) is -0.00690. The second kappa shape index (κ2) is 5.60. The van der Waals surface area contributed by atoms with Gasteiger partial charge in [-0.25, -0.2) is 0 Å². The molecule has 0 aliphatic heterocycles. The molecule has 0 heterocycles. The van der Waals surface area contributed by atoms with Gasteiger partial charge in [0.15, 0.2) is 0 Å². The second-order valence-corrected chi connectivity index (χ2v) is 4.13. The molecule has 0 aromatic rings. The first-order valence-corrected chi connectivity index (χ1v) is 4.92. The Labute approximate surface area is 91.5 Å². The fourth-order valence-electron chi connectivity index (χ4n) is 0.692. The van der Waals surface area contributed by atoms with E-state index in [1.165, 1.54) is 0 Å². The third-order valence-electron chi connectivity index (χ3n) is 1.28. The third-order valence-corrected chi connectivity index (χ3v) is 3.23. The zero-order valence-electron chi connectivity index (χ0n) is 8.00. The zero-order chi connectivity index (χ0) is 12.2. The van der Waals surface area contributed by atoms with Crippen molar-refractivity contribution in [3.8, 4) is 0 Å². The van der Waals surface area contributed by atoms with Gasteiger partial charge in [0.25, 0.3) is 0 Å². The van der Waals surface area contributed by atoms with Crippen LogP contribution in [-0.2, 0) is 33.6 Å². The summed E-state index contributed by atoms with van der Waals surface area (Å²) < 4.78 is 0. The van der Waals surface area contributed by atoms with E-state index in [0.717, 1.165) is 13.8 Å². The summed E-state index contributed by atoms with van der Waals surface area (Å²) in [6.45, 7) is 2.08. The molecule has 0 aromatic carbocycles. The van der Waals surface area contributed by atoms with Gasteiger partial charge in [0.2, 0.25) is 0 Å². The Kier molecular flexibility index (Phi) is 5.15. The van der Waals surface area contributed by atoms with Gasteiger partial charge in [-0.05, 0) is 0 Å². The predicted molar refractivity (Wildman–Crippen MR) is 44.1 cm³/mol. The summed E-state index contributed by atoms with van der Waals surface area (Å²) in [5.41, 5.74) is 0. The van der Waals surface area contributed by atoms with Gasteiger partial charge in [-0.15, -0.1) is 0 Å². The maximum atomic E-state index is 10.9. The van der Waals surface area contributed by atoms with E-state index < -0.39 is 33.3 Å². The van der Waals surface area contributed by atoms with Crippen LogP contribution in [0.4, 0.5) is 0 Å². The molecule has 0 aromatic heterocycles. The number of ketones is 2. The van der Waals surface area contributed by atoms with Crippen LogP contribution in [0.15, 0.2) is 0 Å².